The Bertz CT molecular complexity index is 719. The van der Waals surface area contributed by atoms with Crippen LogP contribution in [0.1, 0.15) is 115 Å². The zero-order valence-electron chi connectivity index (χ0n) is 24.9. The minimum absolute atomic E-state index is 0.109. The Balaban J connectivity index is 1.71. The lowest BCUT2D eigenvalue weighted by atomic mass is 10.0. The van der Waals surface area contributed by atoms with E-state index in [9.17, 15) is 9.46 Å². The van der Waals surface area contributed by atoms with Gasteiger partial charge in [-0.25, -0.2) is 0 Å². The van der Waals surface area contributed by atoms with Gasteiger partial charge in [-0.15, -0.1) is 0 Å². The van der Waals surface area contributed by atoms with Crippen LogP contribution in [0.25, 0.3) is 0 Å². The lowest BCUT2D eigenvalue weighted by Crippen LogP contribution is -2.20. The Kier molecular flexibility index (Phi) is 24.4. The molecule has 1 aromatic carbocycles. The van der Waals surface area contributed by atoms with Gasteiger partial charge in [-0.1, -0.05) is 102 Å². The van der Waals surface area contributed by atoms with E-state index in [1.807, 2.05) is 19.0 Å². The van der Waals surface area contributed by atoms with Gasteiger partial charge in [0.25, 0.3) is 7.82 Å². The van der Waals surface area contributed by atoms with Crippen LogP contribution in [0.3, 0.4) is 0 Å². The molecule has 6 nitrogen and oxygen atoms in total. The van der Waals surface area contributed by atoms with Gasteiger partial charge in [0, 0.05) is 23.3 Å². The average Bonchev–Trinajstić information content (AvgIpc) is 2.89. The number of phosphoric ester groups is 1. The third-order valence-electron chi connectivity index (χ3n) is 6.89. The van der Waals surface area contributed by atoms with Crippen molar-refractivity contribution in [3.05, 3.63) is 33.4 Å². The molecule has 0 radical (unpaired) electrons. The highest BCUT2D eigenvalue weighted by Gasteiger charge is 2.09. The first-order valence-corrected chi connectivity index (χ1v) is 18.0. The van der Waals surface area contributed by atoms with E-state index in [2.05, 4.69) is 46.9 Å². The summed E-state index contributed by atoms with van der Waals surface area (Å²) in [5.74, 6) is 0. The van der Waals surface area contributed by atoms with Gasteiger partial charge < -0.3 is 23.6 Å². The van der Waals surface area contributed by atoms with Gasteiger partial charge in [-0.3, -0.25) is 4.57 Å². The highest BCUT2D eigenvalue weighted by molar-refractivity contribution is 14.1. The molecule has 1 aromatic rings. The number of unbranched alkanes of at least 4 members (excludes halogenated alkanes) is 15. The molecule has 0 aliphatic rings. The molecule has 39 heavy (non-hydrogen) atoms. The summed E-state index contributed by atoms with van der Waals surface area (Å²) in [6.07, 6.45) is 23.3. The van der Waals surface area contributed by atoms with Gasteiger partial charge in [0.1, 0.15) is 0 Å². The van der Waals surface area contributed by atoms with Gasteiger partial charge in [0.05, 0.1) is 13.2 Å². The maximum Gasteiger partial charge on any atom is 0.267 e. The number of hydrogen-bond donors (Lipinski definition) is 0. The second-order valence-corrected chi connectivity index (χ2v) is 13.6. The molecule has 0 saturated carbocycles. The zero-order valence-corrected chi connectivity index (χ0v) is 27.9. The lowest BCUT2D eigenvalue weighted by molar-refractivity contribution is -0.225. The summed E-state index contributed by atoms with van der Waals surface area (Å²) in [6, 6.07) is 8.96. The monoisotopic (exact) mass is 680 g/mol. The van der Waals surface area contributed by atoms with E-state index < -0.39 is 7.82 Å². The summed E-state index contributed by atoms with van der Waals surface area (Å²) in [5.41, 5.74) is 1.48. The van der Waals surface area contributed by atoms with Gasteiger partial charge in [0.15, 0.2) is 0 Å². The number of likely N-dealkylation sites (N-methyl/N-ethyl adjacent to an activating group) is 1. The molecule has 0 saturated heterocycles. The summed E-state index contributed by atoms with van der Waals surface area (Å²) < 4.78 is 28.1. The number of halogens is 1. The molecule has 0 heterocycles. The molecule has 0 N–H and O–H groups in total. The van der Waals surface area contributed by atoms with Crippen LogP contribution < -0.4 is 4.89 Å². The molecule has 0 amide bonds. The molecule has 1 rings (SSSR count). The molecule has 0 aromatic heterocycles. The number of phosphoric acid groups is 1. The lowest BCUT2D eigenvalue weighted by Gasteiger charge is -2.23. The third-order valence-corrected chi connectivity index (χ3v) is 8.60. The smallest absolute Gasteiger partial charge is 0.267 e. The van der Waals surface area contributed by atoms with Crippen molar-refractivity contribution >= 4 is 30.4 Å². The van der Waals surface area contributed by atoms with Crippen LogP contribution in [0, 0.1) is 3.57 Å². The van der Waals surface area contributed by atoms with E-state index in [-0.39, 0.29) is 13.2 Å². The highest BCUT2D eigenvalue weighted by Crippen LogP contribution is 2.37. The van der Waals surface area contributed by atoms with E-state index in [4.69, 9.17) is 13.8 Å². The Hall–Kier alpha value is -0.0200. The highest BCUT2D eigenvalue weighted by atomic mass is 127. The predicted molar refractivity (Wildman–Crippen MR) is 170 cm³/mol. The van der Waals surface area contributed by atoms with Crippen molar-refractivity contribution in [2.24, 2.45) is 0 Å². The van der Waals surface area contributed by atoms with E-state index in [1.165, 1.54) is 112 Å². The van der Waals surface area contributed by atoms with Crippen molar-refractivity contribution in [1.82, 2.24) is 4.90 Å². The molecule has 1 unspecified atom stereocenters. The largest absolute Gasteiger partial charge is 0.756 e. The summed E-state index contributed by atoms with van der Waals surface area (Å²) in [4.78, 5) is 13.4. The molecular formula is C31H56INO5P-. The molecule has 0 bridgehead atoms. The molecule has 0 aliphatic heterocycles. The fraction of sp³-hybridized carbons (Fsp3) is 0.806. The molecule has 0 aliphatic carbocycles. The first-order valence-electron chi connectivity index (χ1n) is 15.5. The number of hydrogen-bond acceptors (Lipinski definition) is 6. The second kappa shape index (κ2) is 25.7. The van der Waals surface area contributed by atoms with Crippen LogP contribution in [0.15, 0.2) is 24.3 Å². The van der Waals surface area contributed by atoms with E-state index >= 15 is 0 Å². The quantitative estimate of drug-likeness (QED) is 0.0502. The van der Waals surface area contributed by atoms with E-state index in [0.717, 1.165) is 13.0 Å². The first-order chi connectivity index (χ1) is 18.9. The minimum atomic E-state index is -4.19. The average molecular weight is 681 g/mol. The SMILES string of the molecule is CN(C)CCOP(=O)([O-])OCCCOCCCCCCCCCCCCCCCCCCc1ccc(I)cc1. The molecular weight excluding hydrogens is 624 g/mol. The van der Waals surface area contributed by atoms with Gasteiger partial charge in [0.2, 0.25) is 0 Å². The number of aryl methyl sites for hydroxylation is 1. The number of rotatable bonds is 28. The van der Waals surface area contributed by atoms with Crippen molar-refractivity contribution in [3.63, 3.8) is 0 Å². The number of nitrogens with zero attached hydrogens (tertiary/aromatic N) is 1. The van der Waals surface area contributed by atoms with Crippen molar-refractivity contribution in [2.45, 2.75) is 116 Å². The maximum atomic E-state index is 11.6. The Labute approximate surface area is 253 Å². The zero-order chi connectivity index (χ0) is 28.4. The standard InChI is InChI=1S/C31H57INO5P/c1-33(2)25-29-38-39(34,35)37-28-19-27-36-26-18-16-14-12-10-8-6-4-3-5-7-9-11-13-15-17-20-30-21-23-31(32)24-22-30/h21-24H,3-20,25-29H2,1-2H3,(H,34,35)/p-1. The van der Waals surface area contributed by atoms with Gasteiger partial charge in [-0.2, -0.15) is 0 Å². The van der Waals surface area contributed by atoms with Crippen LogP contribution in [0.4, 0.5) is 0 Å². The Morgan fingerprint density at radius 1 is 0.641 bits per heavy atom. The molecule has 0 spiro atoms. The van der Waals surface area contributed by atoms with Crippen LogP contribution >= 0.6 is 30.4 Å². The van der Waals surface area contributed by atoms with Gasteiger partial charge in [-0.05, 0) is 80.1 Å². The topological polar surface area (TPSA) is 71.1 Å². The van der Waals surface area contributed by atoms with Gasteiger partial charge >= 0.3 is 0 Å². The summed E-state index contributed by atoms with van der Waals surface area (Å²) in [7, 11) is -0.468. The van der Waals surface area contributed by atoms with E-state index in [0.29, 0.717) is 19.6 Å². The fourth-order valence-electron chi connectivity index (χ4n) is 4.47. The molecule has 0 fully saturated rings. The molecule has 1 atom stereocenters. The van der Waals surface area contributed by atoms with E-state index in [1.54, 1.807) is 0 Å². The Morgan fingerprint density at radius 2 is 1.08 bits per heavy atom. The summed E-state index contributed by atoms with van der Waals surface area (Å²) in [5, 5.41) is 0. The molecule has 8 heteroatoms. The second-order valence-electron chi connectivity index (χ2n) is 10.9. The minimum Gasteiger partial charge on any atom is -0.756 e. The van der Waals surface area contributed by atoms with Crippen molar-refractivity contribution in [1.29, 1.82) is 0 Å². The molecule has 228 valence electrons. The maximum absolute atomic E-state index is 11.6. The normalized spacial score (nSPS) is 13.3. The summed E-state index contributed by atoms with van der Waals surface area (Å²) in [6.45, 7) is 2.02. The van der Waals surface area contributed by atoms with Crippen LogP contribution in [0.2, 0.25) is 0 Å². The first kappa shape index (κ1) is 37.0. The van der Waals surface area contributed by atoms with Crippen LogP contribution in [-0.2, 0) is 24.8 Å². The summed E-state index contributed by atoms with van der Waals surface area (Å²) >= 11 is 2.37. The number of ether oxygens (including phenoxy) is 1. The van der Waals surface area contributed by atoms with Crippen molar-refractivity contribution in [2.75, 3.05) is 47.1 Å². The van der Waals surface area contributed by atoms with Crippen molar-refractivity contribution in [3.8, 4) is 0 Å². The predicted octanol–water partition coefficient (Wildman–Crippen LogP) is 8.55. The van der Waals surface area contributed by atoms with Crippen molar-refractivity contribution < 1.29 is 23.2 Å². The van der Waals surface area contributed by atoms with Crippen LogP contribution in [-0.4, -0.2) is 52.0 Å². The fourth-order valence-corrected chi connectivity index (χ4v) is 5.56. The van der Waals surface area contributed by atoms with Crippen LogP contribution in [0.5, 0.6) is 0 Å². The third kappa shape index (κ3) is 25.4. The Morgan fingerprint density at radius 3 is 1.59 bits per heavy atom. The number of benzene rings is 1.